The van der Waals surface area contributed by atoms with Crippen LogP contribution in [-0.4, -0.2) is 58.0 Å². The number of amides is 2. The Hall–Kier alpha value is -3.36. The summed E-state index contributed by atoms with van der Waals surface area (Å²) in [5.41, 5.74) is 1.81. The molecule has 2 aromatic rings. The first-order chi connectivity index (χ1) is 15.6. The van der Waals surface area contributed by atoms with Crippen molar-refractivity contribution >= 4 is 11.8 Å². The van der Waals surface area contributed by atoms with Crippen molar-refractivity contribution in [2.75, 3.05) is 26.4 Å². The number of nitrogens with one attached hydrogen (secondary N) is 1. The highest BCUT2D eigenvalue weighted by Gasteiger charge is 2.36. The van der Waals surface area contributed by atoms with Gasteiger partial charge in [0.05, 0.1) is 12.2 Å². The number of carbonyl (C=O) groups excluding carboxylic acids is 2. The lowest BCUT2D eigenvalue weighted by atomic mass is 10.0. The largest absolute Gasteiger partial charge is 0.454 e. The van der Waals surface area contributed by atoms with Crippen LogP contribution in [0.15, 0.2) is 23.0 Å². The number of ether oxygens (including phenoxy) is 2. The third kappa shape index (κ3) is 3.32. The lowest BCUT2D eigenvalue weighted by Crippen LogP contribution is -2.40. The molecule has 4 aliphatic rings. The molecule has 9 nitrogen and oxygen atoms in total. The summed E-state index contributed by atoms with van der Waals surface area (Å²) in [5.74, 6) is 2.05. The van der Waals surface area contributed by atoms with Gasteiger partial charge in [0.1, 0.15) is 5.82 Å². The molecular formula is C23H24N4O5. The molecule has 0 spiro atoms. The van der Waals surface area contributed by atoms with Crippen molar-refractivity contribution in [3.8, 4) is 11.5 Å². The molecule has 9 heteroatoms. The molecule has 1 aromatic carbocycles. The van der Waals surface area contributed by atoms with Crippen LogP contribution in [0.1, 0.15) is 52.6 Å². The predicted molar refractivity (Wildman–Crippen MR) is 113 cm³/mol. The zero-order valence-corrected chi connectivity index (χ0v) is 17.6. The second-order valence-electron chi connectivity index (χ2n) is 8.97. The van der Waals surface area contributed by atoms with Crippen LogP contribution >= 0.6 is 0 Å². The second-order valence-corrected chi connectivity index (χ2v) is 8.97. The molecule has 6 rings (SSSR count). The molecule has 2 fully saturated rings. The summed E-state index contributed by atoms with van der Waals surface area (Å²) < 4.78 is 10.7. The first kappa shape index (κ1) is 19.3. The number of rotatable bonds is 3. The third-order valence-corrected chi connectivity index (χ3v) is 6.81. The fraction of sp³-hybridized carbons (Fsp3) is 0.478. The van der Waals surface area contributed by atoms with Crippen LogP contribution in [0.5, 0.6) is 11.5 Å². The smallest absolute Gasteiger partial charge is 0.254 e. The summed E-state index contributed by atoms with van der Waals surface area (Å²) in [4.78, 5) is 49.5. The van der Waals surface area contributed by atoms with Gasteiger partial charge in [-0.3, -0.25) is 14.4 Å². The zero-order chi connectivity index (χ0) is 21.8. The van der Waals surface area contributed by atoms with Gasteiger partial charge in [0.2, 0.25) is 12.7 Å². The number of fused-ring (bicyclic) bond motifs is 2. The van der Waals surface area contributed by atoms with Crippen LogP contribution < -0.4 is 15.0 Å². The maximum atomic E-state index is 13.0. The summed E-state index contributed by atoms with van der Waals surface area (Å²) in [5, 5.41) is 0. The van der Waals surface area contributed by atoms with E-state index in [1.54, 1.807) is 23.1 Å². The average Bonchev–Trinajstić information content (AvgIpc) is 3.34. The quantitative estimate of drug-likeness (QED) is 0.780. The number of aromatic amines is 1. The third-order valence-electron chi connectivity index (χ3n) is 6.81. The minimum atomic E-state index is -0.121. The Kier molecular flexibility index (Phi) is 4.44. The van der Waals surface area contributed by atoms with Crippen molar-refractivity contribution in [3.63, 3.8) is 0 Å². The van der Waals surface area contributed by atoms with E-state index in [1.807, 2.05) is 4.90 Å². The van der Waals surface area contributed by atoms with Crippen LogP contribution in [0.3, 0.4) is 0 Å². The molecular weight excluding hydrogens is 412 g/mol. The van der Waals surface area contributed by atoms with Crippen LogP contribution in [0.25, 0.3) is 0 Å². The van der Waals surface area contributed by atoms with E-state index in [1.165, 1.54) is 0 Å². The molecule has 4 heterocycles. The average molecular weight is 436 g/mol. The van der Waals surface area contributed by atoms with Gasteiger partial charge in [-0.15, -0.1) is 0 Å². The molecule has 1 aromatic heterocycles. The number of H-pyrrole nitrogens is 1. The van der Waals surface area contributed by atoms with Gasteiger partial charge in [0, 0.05) is 42.6 Å². The van der Waals surface area contributed by atoms with Crippen LogP contribution in [0.4, 0.5) is 0 Å². The van der Waals surface area contributed by atoms with E-state index < -0.39 is 0 Å². The molecule has 1 atom stereocenters. The summed E-state index contributed by atoms with van der Waals surface area (Å²) in [6.07, 6.45) is 3.19. The number of hydrogen-bond donors (Lipinski definition) is 1. The number of benzene rings is 1. The highest BCUT2D eigenvalue weighted by Crippen LogP contribution is 2.34. The van der Waals surface area contributed by atoms with Gasteiger partial charge in [-0.2, -0.15) is 0 Å². The van der Waals surface area contributed by atoms with E-state index in [0.29, 0.717) is 66.7 Å². The normalized spacial score (nSPS) is 21.6. The summed E-state index contributed by atoms with van der Waals surface area (Å²) >= 11 is 0. The lowest BCUT2D eigenvalue weighted by Gasteiger charge is -2.28. The molecule has 32 heavy (non-hydrogen) atoms. The van der Waals surface area contributed by atoms with Crippen molar-refractivity contribution in [2.45, 2.75) is 38.1 Å². The van der Waals surface area contributed by atoms with Crippen molar-refractivity contribution in [3.05, 3.63) is 51.2 Å². The lowest BCUT2D eigenvalue weighted by molar-refractivity contribution is -0.133. The Bertz CT molecular complexity index is 1170. The zero-order valence-electron chi connectivity index (χ0n) is 17.6. The van der Waals surface area contributed by atoms with Gasteiger partial charge >= 0.3 is 0 Å². The number of aromatic nitrogens is 2. The standard InChI is InChI=1S/C23H24N4O5/c28-21-16-6-8-27(22(29)13-1-2-13)11-17(16)24-20(25-21)15-5-7-26(10-15)23(30)14-3-4-18-19(9-14)32-12-31-18/h3-4,9,13,15H,1-2,5-8,10-12H2,(H,24,25,28)/t15-/m0/s1. The maximum Gasteiger partial charge on any atom is 0.254 e. The van der Waals surface area contributed by atoms with Crippen molar-refractivity contribution < 1.29 is 19.1 Å². The molecule has 0 bridgehead atoms. The van der Waals surface area contributed by atoms with Crippen molar-refractivity contribution in [1.82, 2.24) is 19.8 Å². The van der Waals surface area contributed by atoms with Gasteiger partial charge in [-0.05, 0) is 43.9 Å². The molecule has 1 saturated carbocycles. The number of nitrogens with zero attached hydrogens (tertiary/aromatic N) is 3. The van der Waals surface area contributed by atoms with Gasteiger partial charge in [0.25, 0.3) is 11.5 Å². The summed E-state index contributed by atoms with van der Waals surface area (Å²) in [7, 11) is 0. The van der Waals surface area contributed by atoms with Gasteiger partial charge < -0.3 is 24.3 Å². The van der Waals surface area contributed by atoms with Crippen LogP contribution in [-0.2, 0) is 17.8 Å². The Morgan fingerprint density at radius 1 is 1.06 bits per heavy atom. The summed E-state index contributed by atoms with van der Waals surface area (Å²) in [6, 6.07) is 5.20. The fourth-order valence-corrected chi connectivity index (χ4v) is 4.81. The van der Waals surface area contributed by atoms with E-state index in [4.69, 9.17) is 14.5 Å². The van der Waals surface area contributed by atoms with Gasteiger partial charge in [-0.25, -0.2) is 4.98 Å². The fourth-order valence-electron chi connectivity index (χ4n) is 4.81. The monoisotopic (exact) mass is 436 g/mol. The molecule has 0 unspecified atom stereocenters. The topological polar surface area (TPSA) is 105 Å². The van der Waals surface area contributed by atoms with Gasteiger partial charge in [-0.1, -0.05) is 0 Å². The molecule has 166 valence electrons. The van der Waals surface area contributed by atoms with E-state index >= 15 is 0 Å². The first-order valence-electron chi connectivity index (χ1n) is 11.2. The SMILES string of the molecule is O=C(c1ccc2c(c1)OCO2)N1CC[C@H](c2nc3c(c(=O)[nH]2)CCN(C(=O)C2CC2)C3)C1. The van der Waals surface area contributed by atoms with Crippen molar-refractivity contribution in [1.29, 1.82) is 0 Å². The van der Waals surface area contributed by atoms with E-state index in [0.717, 1.165) is 19.3 Å². The molecule has 3 aliphatic heterocycles. The number of hydrogen-bond acceptors (Lipinski definition) is 6. The molecule has 1 saturated heterocycles. The summed E-state index contributed by atoms with van der Waals surface area (Å²) in [6.45, 7) is 2.21. The predicted octanol–water partition coefficient (Wildman–Crippen LogP) is 1.42. The highest BCUT2D eigenvalue weighted by molar-refractivity contribution is 5.95. The van der Waals surface area contributed by atoms with Crippen molar-refractivity contribution in [2.24, 2.45) is 5.92 Å². The second kappa shape index (κ2) is 7.36. The Labute approximate surface area is 184 Å². The number of carbonyl (C=O) groups is 2. The van der Waals surface area contributed by atoms with E-state index in [2.05, 4.69) is 4.98 Å². The highest BCUT2D eigenvalue weighted by atomic mass is 16.7. The first-order valence-corrected chi connectivity index (χ1v) is 11.2. The minimum Gasteiger partial charge on any atom is -0.454 e. The van der Waals surface area contributed by atoms with Gasteiger partial charge in [0.15, 0.2) is 11.5 Å². The Morgan fingerprint density at radius 2 is 1.91 bits per heavy atom. The number of likely N-dealkylation sites (tertiary alicyclic amines) is 1. The van der Waals surface area contributed by atoms with Crippen LogP contribution in [0.2, 0.25) is 0 Å². The molecule has 1 aliphatic carbocycles. The van der Waals surface area contributed by atoms with Crippen LogP contribution in [0, 0.1) is 5.92 Å². The maximum absolute atomic E-state index is 13.0. The van der Waals surface area contributed by atoms with E-state index in [9.17, 15) is 14.4 Å². The molecule has 2 amide bonds. The Morgan fingerprint density at radius 3 is 2.75 bits per heavy atom. The van der Waals surface area contributed by atoms with E-state index in [-0.39, 0.29) is 36.0 Å². The minimum absolute atomic E-state index is 0.0412. The molecule has 0 radical (unpaired) electrons. The molecule has 1 N–H and O–H groups in total. The Balaban J connectivity index is 1.19.